The first-order valence-corrected chi connectivity index (χ1v) is 6.75. The fourth-order valence-electron chi connectivity index (χ4n) is 2.14. The van der Waals surface area contributed by atoms with Crippen LogP contribution >= 0.6 is 23.2 Å². The lowest BCUT2D eigenvalue weighted by Gasteiger charge is -2.14. The van der Waals surface area contributed by atoms with Crippen LogP contribution in [0.1, 0.15) is 25.3 Å². The van der Waals surface area contributed by atoms with E-state index < -0.39 is 0 Å². The van der Waals surface area contributed by atoms with Crippen LogP contribution in [0.25, 0.3) is 0 Å². The molecule has 1 aromatic carbocycles. The fourth-order valence-corrected chi connectivity index (χ4v) is 2.68. The number of esters is 1. The van der Waals surface area contributed by atoms with Crippen LogP contribution in [0.4, 0.5) is 0 Å². The molecule has 1 aliphatic rings. The topological polar surface area (TPSA) is 35.5 Å². The van der Waals surface area contributed by atoms with Crippen LogP contribution in [0.5, 0.6) is 0 Å². The lowest BCUT2D eigenvalue weighted by atomic mass is 9.92. The maximum Gasteiger partial charge on any atom is 0.338 e. The van der Waals surface area contributed by atoms with Gasteiger partial charge in [-0.25, -0.2) is 4.79 Å². The van der Waals surface area contributed by atoms with Crippen molar-refractivity contribution in [2.75, 3.05) is 13.2 Å². The standard InChI is InChI=1S/C14H14Cl2O3/c1-3-18-14(17)13-8(2)19-7-11(13)10-5-4-9(15)6-12(10)16/h4-6,11H,3,7H2,1-2H3. The normalized spacial score (nSPS) is 18.4. The van der Waals surface area contributed by atoms with Crippen LogP contribution in [0.15, 0.2) is 29.5 Å². The van der Waals surface area contributed by atoms with E-state index in [1.807, 2.05) is 6.07 Å². The van der Waals surface area contributed by atoms with Gasteiger partial charge in [-0.1, -0.05) is 29.3 Å². The second-order valence-corrected chi connectivity index (χ2v) is 5.06. The average Bonchev–Trinajstić information content (AvgIpc) is 2.71. The number of ether oxygens (including phenoxy) is 2. The second-order valence-electron chi connectivity index (χ2n) is 4.22. The molecule has 1 aromatic rings. The number of benzene rings is 1. The van der Waals surface area contributed by atoms with E-state index in [2.05, 4.69) is 0 Å². The van der Waals surface area contributed by atoms with E-state index in [0.717, 1.165) is 5.56 Å². The quantitative estimate of drug-likeness (QED) is 0.793. The minimum Gasteiger partial charge on any atom is -0.497 e. The van der Waals surface area contributed by atoms with Crippen molar-refractivity contribution < 1.29 is 14.3 Å². The van der Waals surface area contributed by atoms with Crippen molar-refractivity contribution in [3.05, 3.63) is 45.1 Å². The van der Waals surface area contributed by atoms with Crippen molar-refractivity contribution in [3.63, 3.8) is 0 Å². The Morgan fingerprint density at radius 3 is 2.84 bits per heavy atom. The fraction of sp³-hybridized carbons (Fsp3) is 0.357. The average molecular weight is 301 g/mol. The lowest BCUT2D eigenvalue weighted by molar-refractivity contribution is -0.138. The Morgan fingerprint density at radius 2 is 2.21 bits per heavy atom. The van der Waals surface area contributed by atoms with Gasteiger partial charge in [0.25, 0.3) is 0 Å². The van der Waals surface area contributed by atoms with E-state index in [-0.39, 0.29) is 11.9 Å². The molecule has 1 atom stereocenters. The molecule has 1 aliphatic heterocycles. The van der Waals surface area contributed by atoms with Gasteiger partial charge in [-0.3, -0.25) is 0 Å². The molecule has 0 fully saturated rings. The van der Waals surface area contributed by atoms with E-state index >= 15 is 0 Å². The molecule has 0 aliphatic carbocycles. The zero-order chi connectivity index (χ0) is 14.0. The van der Waals surface area contributed by atoms with Gasteiger partial charge in [0.15, 0.2) is 0 Å². The van der Waals surface area contributed by atoms with Gasteiger partial charge in [0, 0.05) is 10.0 Å². The molecule has 102 valence electrons. The van der Waals surface area contributed by atoms with Crippen LogP contribution < -0.4 is 0 Å². The molecule has 5 heteroatoms. The van der Waals surface area contributed by atoms with Crippen molar-refractivity contribution in [1.82, 2.24) is 0 Å². The van der Waals surface area contributed by atoms with Crippen LogP contribution in [-0.4, -0.2) is 19.2 Å². The van der Waals surface area contributed by atoms with Gasteiger partial charge in [0.1, 0.15) is 5.76 Å². The Bertz CT molecular complexity index is 537. The van der Waals surface area contributed by atoms with Gasteiger partial charge in [-0.2, -0.15) is 0 Å². The summed E-state index contributed by atoms with van der Waals surface area (Å²) >= 11 is 12.1. The molecule has 0 saturated carbocycles. The second kappa shape index (κ2) is 5.85. The number of hydrogen-bond acceptors (Lipinski definition) is 3. The summed E-state index contributed by atoms with van der Waals surface area (Å²) in [5.74, 6) is 0.0341. The predicted octanol–water partition coefficient (Wildman–Crippen LogP) is 3.94. The van der Waals surface area contributed by atoms with Crippen molar-refractivity contribution in [3.8, 4) is 0 Å². The molecule has 19 heavy (non-hydrogen) atoms. The third kappa shape index (κ3) is 2.88. The summed E-state index contributed by atoms with van der Waals surface area (Å²) in [5, 5.41) is 1.09. The summed E-state index contributed by atoms with van der Waals surface area (Å²) in [5.41, 5.74) is 1.36. The highest BCUT2D eigenvalue weighted by atomic mass is 35.5. The number of carbonyl (C=O) groups excluding carboxylic acids is 1. The van der Waals surface area contributed by atoms with Gasteiger partial charge < -0.3 is 9.47 Å². The van der Waals surface area contributed by atoms with Crippen LogP contribution in [0.2, 0.25) is 10.0 Å². The Balaban J connectivity index is 2.37. The summed E-state index contributed by atoms with van der Waals surface area (Å²) in [6.07, 6.45) is 0. The molecule has 0 radical (unpaired) electrons. The molecule has 0 N–H and O–H groups in total. The summed E-state index contributed by atoms with van der Waals surface area (Å²) in [6.45, 7) is 4.25. The smallest absolute Gasteiger partial charge is 0.338 e. The number of allylic oxidation sites excluding steroid dienone is 1. The molecule has 0 spiro atoms. The van der Waals surface area contributed by atoms with Crippen molar-refractivity contribution in [2.24, 2.45) is 0 Å². The van der Waals surface area contributed by atoms with Gasteiger partial charge in [0.05, 0.1) is 24.7 Å². The summed E-state index contributed by atoms with van der Waals surface area (Å²) < 4.78 is 10.5. The van der Waals surface area contributed by atoms with E-state index in [4.69, 9.17) is 32.7 Å². The molecule has 0 amide bonds. The molecular weight excluding hydrogens is 287 g/mol. The van der Waals surface area contributed by atoms with Gasteiger partial charge >= 0.3 is 5.97 Å². The van der Waals surface area contributed by atoms with Gasteiger partial charge in [0.2, 0.25) is 0 Å². The Kier molecular flexibility index (Phi) is 4.38. The van der Waals surface area contributed by atoms with Crippen molar-refractivity contribution >= 4 is 29.2 Å². The summed E-state index contributed by atoms with van der Waals surface area (Å²) in [7, 11) is 0. The highest BCUT2D eigenvalue weighted by Crippen LogP contribution is 2.38. The first-order chi connectivity index (χ1) is 9.04. The predicted molar refractivity (Wildman–Crippen MR) is 74.5 cm³/mol. The third-order valence-electron chi connectivity index (χ3n) is 3.03. The Morgan fingerprint density at radius 1 is 1.47 bits per heavy atom. The molecule has 1 unspecified atom stereocenters. The van der Waals surface area contributed by atoms with Crippen LogP contribution in [-0.2, 0) is 14.3 Å². The van der Waals surface area contributed by atoms with Crippen LogP contribution in [0.3, 0.4) is 0 Å². The zero-order valence-corrected chi connectivity index (χ0v) is 12.2. The molecular formula is C14H14Cl2O3. The van der Waals surface area contributed by atoms with Crippen molar-refractivity contribution in [2.45, 2.75) is 19.8 Å². The largest absolute Gasteiger partial charge is 0.497 e. The number of hydrogen-bond donors (Lipinski definition) is 0. The maximum atomic E-state index is 12.0. The van der Waals surface area contributed by atoms with E-state index in [9.17, 15) is 4.79 Å². The highest BCUT2D eigenvalue weighted by Gasteiger charge is 2.33. The molecule has 1 heterocycles. The molecule has 2 rings (SSSR count). The lowest BCUT2D eigenvalue weighted by Crippen LogP contribution is -2.14. The Labute approximate surface area is 122 Å². The summed E-state index contributed by atoms with van der Waals surface area (Å²) in [6, 6.07) is 5.23. The first-order valence-electron chi connectivity index (χ1n) is 6.00. The maximum absolute atomic E-state index is 12.0. The summed E-state index contributed by atoms with van der Waals surface area (Å²) in [4.78, 5) is 12.0. The Hall–Kier alpha value is -1.19. The van der Waals surface area contributed by atoms with Crippen molar-refractivity contribution in [1.29, 1.82) is 0 Å². The van der Waals surface area contributed by atoms with E-state index in [0.29, 0.717) is 34.6 Å². The molecule has 3 nitrogen and oxygen atoms in total. The van der Waals surface area contributed by atoms with Gasteiger partial charge in [-0.15, -0.1) is 0 Å². The van der Waals surface area contributed by atoms with Crippen LogP contribution in [0, 0.1) is 0 Å². The molecule has 0 saturated heterocycles. The number of halogens is 2. The minimum absolute atomic E-state index is 0.205. The monoisotopic (exact) mass is 300 g/mol. The highest BCUT2D eigenvalue weighted by molar-refractivity contribution is 6.35. The SMILES string of the molecule is CCOC(=O)C1=C(C)OCC1c1ccc(Cl)cc1Cl. The number of rotatable bonds is 3. The zero-order valence-electron chi connectivity index (χ0n) is 10.7. The first kappa shape index (κ1) is 14.2. The minimum atomic E-state index is -0.353. The molecule has 0 bridgehead atoms. The van der Waals surface area contributed by atoms with E-state index in [1.54, 1.807) is 26.0 Å². The van der Waals surface area contributed by atoms with E-state index in [1.165, 1.54) is 0 Å². The number of carbonyl (C=O) groups is 1. The molecule has 0 aromatic heterocycles. The van der Waals surface area contributed by atoms with Gasteiger partial charge in [-0.05, 0) is 31.5 Å². The third-order valence-corrected chi connectivity index (χ3v) is 3.59.